The highest BCUT2D eigenvalue weighted by atomic mass is 79.9. The van der Waals surface area contributed by atoms with Gasteiger partial charge in [0.05, 0.1) is 6.54 Å². The van der Waals surface area contributed by atoms with Gasteiger partial charge in [-0.2, -0.15) is 0 Å². The maximum atomic E-state index is 5.92. The molecule has 0 atom stereocenters. The summed E-state index contributed by atoms with van der Waals surface area (Å²) in [7, 11) is 1.84. The van der Waals surface area contributed by atoms with Crippen molar-refractivity contribution >= 4 is 40.1 Å². The largest absolute Gasteiger partial charge is 0.460 e. The summed E-state index contributed by atoms with van der Waals surface area (Å²) < 4.78 is 8.69. The van der Waals surface area contributed by atoms with E-state index in [-0.39, 0.29) is 12.4 Å². The minimum absolute atomic E-state index is 0. The van der Waals surface area contributed by atoms with Crippen molar-refractivity contribution in [3.8, 4) is 11.3 Å². The summed E-state index contributed by atoms with van der Waals surface area (Å²) in [6.45, 7) is 3.63. The molecule has 0 aliphatic rings. The molecule has 0 amide bonds. The second-order valence-corrected chi connectivity index (χ2v) is 7.26. The highest BCUT2D eigenvalue weighted by Crippen LogP contribution is 2.26. The van der Waals surface area contributed by atoms with Crippen molar-refractivity contribution in [1.82, 2.24) is 25.5 Å². The topological polar surface area (TPSA) is 68.8 Å². The predicted molar refractivity (Wildman–Crippen MR) is 105 cm³/mol. The Kier molecular flexibility index (Phi) is 7.49. The van der Waals surface area contributed by atoms with Crippen molar-refractivity contribution in [3.63, 3.8) is 0 Å². The van der Waals surface area contributed by atoms with Gasteiger partial charge >= 0.3 is 0 Å². The van der Waals surface area contributed by atoms with Crippen molar-refractivity contribution in [2.45, 2.75) is 18.6 Å². The summed E-state index contributed by atoms with van der Waals surface area (Å²) in [5, 5.41) is 15.5. The SMILES string of the molecule is Cc1cc(-c2ccc(CNCCSc3nnnn3C)o2)ccc1Br.Cl. The molecular weight excluding hydrogens is 426 g/mol. The van der Waals surface area contributed by atoms with Crippen LogP contribution in [-0.2, 0) is 13.6 Å². The summed E-state index contributed by atoms with van der Waals surface area (Å²) in [6, 6.07) is 10.2. The number of aryl methyl sites for hydroxylation is 2. The molecule has 0 unspecified atom stereocenters. The van der Waals surface area contributed by atoms with Crippen LogP contribution in [0.25, 0.3) is 11.3 Å². The smallest absolute Gasteiger partial charge is 0.209 e. The fraction of sp³-hybridized carbons (Fsp3) is 0.312. The first kappa shape index (κ1) is 20.0. The lowest BCUT2D eigenvalue weighted by atomic mass is 10.1. The molecule has 1 aromatic carbocycles. The summed E-state index contributed by atoms with van der Waals surface area (Å²) in [5.74, 6) is 2.71. The average molecular weight is 445 g/mol. The number of nitrogens with one attached hydrogen (secondary N) is 1. The van der Waals surface area contributed by atoms with E-state index in [0.717, 1.165) is 39.0 Å². The van der Waals surface area contributed by atoms with Gasteiger partial charge in [0.2, 0.25) is 5.16 Å². The number of benzene rings is 1. The number of nitrogens with zero attached hydrogens (tertiary/aromatic N) is 4. The molecule has 6 nitrogen and oxygen atoms in total. The fourth-order valence-corrected chi connectivity index (χ4v) is 3.19. The zero-order valence-electron chi connectivity index (χ0n) is 13.9. The molecule has 0 bridgehead atoms. The lowest BCUT2D eigenvalue weighted by Gasteiger charge is -2.03. The van der Waals surface area contributed by atoms with Crippen LogP contribution in [0.5, 0.6) is 0 Å². The number of tetrazole rings is 1. The van der Waals surface area contributed by atoms with Gasteiger partial charge in [-0.25, -0.2) is 4.68 Å². The lowest BCUT2D eigenvalue weighted by Crippen LogP contribution is -2.16. The van der Waals surface area contributed by atoms with Crippen LogP contribution in [0.4, 0.5) is 0 Å². The molecule has 0 fully saturated rings. The number of halogens is 2. The van der Waals surface area contributed by atoms with Gasteiger partial charge < -0.3 is 9.73 Å². The molecule has 9 heteroatoms. The third-order valence-electron chi connectivity index (χ3n) is 3.49. The van der Waals surface area contributed by atoms with Crippen LogP contribution in [0.15, 0.2) is 44.4 Å². The standard InChI is InChI=1S/C16H18BrN5OS.ClH/c1-11-9-12(3-5-14(11)17)15-6-4-13(23-15)10-18-7-8-24-16-19-20-21-22(16)2;/h3-6,9,18H,7-8,10H2,1-2H3;1H. The molecule has 0 spiro atoms. The third-order valence-corrected chi connectivity index (χ3v) is 5.40. The Hall–Kier alpha value is -1.35. The predicted octanol–water partition coefficient (Wildman–Crippen LogP) is 3.84. The van der Waals surface area contributed by atoms with Crippen molar-refractivity contribution in [3.05, 3.63) is 46.1 Å². The van der Waals surface area contributed by atoms with Crippen LogP contribution >= 0.6 is 40.1 Å². The maximum Gasteiger partial charge on any atom is 0.209 e. The number of thioether (sulfide) groups is 1. The Morgan fingerprint density at radius 3 is 2.84 bits per heavy atom. The molecule has 2 aromatic heterocycles. The quantitative estimate of drug-likeness (QED) is 0.441. The summed E-state index contributed by atoms with van der Waals surface area (Å²) in [6.07, 6.45) is 0. The number of hydrogen-bond acceptors (Lipinski definition) is 6. The number of aromatic nitrogens is 4. The first-order valence-corrected chi connectivity index (χ1v) is 9.32. The van der Waals surface area contributed by atoms with Gasteiger partial charge in [-0.1, -0.05) is 33.8 Å². The maximum absolute atomic E-state index is 5.92. The second kappa shape index (κ2) is 9.38. The van der Waals surface area contributed by atoms with Crippen LogP contribution in [0.3, 0.4) is 0 Å². The van der Waals surface area contributed by atoms with Crippen LogP contribution < -0.4 is 5.32 Å². The van der Waals surface area contributed by atoms with E-state index in [0.29, 0.717) is 6.54 Å². The van der Waals surface area contributed by atoms with Crippen LogP contribution in [0, 0.1) is 6.92 Å². The first-order valence-electron chi connectivity index (χ1n) is 7.54. The van der Waals surface area contributed by atoms with Crippen LogP contribution in [-0.4, -0.2) is 32.5 Å². The molecule has 0 radical (unpaired) electrons. The fourth-order valence-electron chi connectivity index (χ4n) is 2.20. The van der Waals surface area contributed by atoms with E-state index in [4.69, 9.17) is 4.42 Å². The van der Waals surface area contributed by atoms with Crippen LogP contribution in [0.1, 0.15) is 11.3 Å². The van der Waals surface area contributed by atoms with Gasteiger partial charge in [-0.05, 0) is 47.2 Å². The molecule has 2 heterocycles. The van der Waals surface area contributed by atoms with E-state index < -0.39 is 0 Å². The lowest BCUT2D eigenvalue weighted by molar-refractivity contribution is 0.499. The number of furan rings is 1. The Balaban J connectivity index is 0.00000225. The summed E-state index contributed by atoms with van der Waals surface area (Å²) in [4.78, 5) is 0. The van der Waals surface area contributed by atoms with E-state index in [1.807, 2.05) is 25.2 Å². The Morgan fingerprint density at radius 1 is 1.28 bits per heavy atom. The third kappa shape index (κ3) is 5.31. The zero-order valence-corrected chi connectivity index (χ0v) is 17.1. The monoisotopic (exact) mass is 443 g/mol. The molecule has 25 heavy (non-hydrogen) atoms. The second-order valence-electron chi connectivity index (χ2n) is 5.34. The minimum atomic E-state index is 0. The molecule has 1 N–H and O–H groups in total. The van der Waals surface area contributed by atoms with E-state index in [1.165, 1.54) is 5.56 Å². The van der Waals surface area contributed by atoms with E-state index in [9.17, 15) is 0 Å². The van der Waals surface area contributed by atoms with Crippen molar-refractivity contribution in [2.24, 2.45) is 7.05 Å². The Morgan fingerprint density at radius 2 is 2.12 bits per heavy atom. The molecule has 3 rings (SSSR count). The minimum Gasteiger partial charge on any atom is -0.460 e. The molecule has 3 aromatic rings. The van der Waals surface area contributed by atoms with Gasteiger partial charge in [0.25, 0.3) is 0 Å². The number of rotatable bonds is 7. The van der Waals surface area contributed by atoms with Gasteiger partial charge in [0, 0.05) is 29.4 Å². The first-order chi connectivity index (χ1) is 11.6. The van der Waals surface area contributed by atoms with E-state index in [1.54, 1.807) is 16.4 Å². The summed E-state index contributed by atoms with van der Waals surface area (Å²) >= 11 is 5.14. The zero-order chi connectivity index (χ0) is 16.9. The Labute approximate surface area is 165 Å². The van der Waals surface area contributed by atoms with Crippen molar-refractivity contribution in [2.75, 3.05) is 12.3 Å². The normalized spacial score (nSPS) is 10.7. The number of hydrogen-bond donors (Lipinski definition) is 1. The van der Waals surface area contributed by atoms with Gasteiger partial charge in [0.1, 0.15) is 11.5 Å². The molecule has 0 aliphatic heterocycles. The van der Waals surface area contributed by atoms with Gasteiger partial charge in [-0.15, -0.1) is 17.5 Å². The van der Waals surface area contributed by atoms with Gasteiger partial charge in [-0.3, -0.25) is 0 Å². The van der Waals surface area contributed by atoms with Crippen molar-refractivity contribution < 1.29 is 4.42 Å². The molecular formula is C16H19BrClN5OS. The summed E-state index contributed by atoms with van der Waals surface area (Å²) in [5.41, 5.74) is 2.28. The van der Waals surface area contributed by atoms with Crippen molar-refractivity contribution in [1.29, 1.82) is 0 Å². The molecule has 0 aliphatic carbocycles. The van der Waals surface area contributed by atoms with E-state index >= 15 is 0 Å². The van der Waals surface area contributed by atoms with E-state index in [2.05, 4.69) is 55.8 Å². The van der Waals surface area contributed by atoms with Crippen LogP contribution in [0.2, 0.25) is 0 Å². The molecule has 134 valence electrons. The highest BCUT2D eigenvalue weighted by molar-refractivity contribution is 9.10. The Bertz CT molecular complexity index is 822. The molecule has 0 saturated carbocycles. The van der Waals surface area contributed by atoms with Gasteiger partial charge in [0.15, 0.2) is 0 Å². The highest BCUT2D eigenvalue weighted by Gasteiger charge is 2.07. The average Bonchev–Trinajstić information content (AvgIpc) is 3.19. The molecule has 0 saturated heterocycles.